The Labute approximate surface area is 105 Å². The van der Waals surface area contributed by atoms with Crippen LogP contribution in [0.4, 0.5) is 0 Å². The van der Waals surface area contributed by atoms with E-state index in [0.717, 1.165) is 31.7 Å². The second kappa shape index (κ2) is 5.62. The molecule has 1 aromatic heterocycles. The monoisotopic (exact) mass is 255 g/mol. The van der Waals surface area contributed by atoms with Gasteiger partial charge in [0.05, 0.1) is 12.7 Å². The van der Waals surface area contributed by atoms with Crippen LogP contribution in [-0.4, -0.2) is 41.8 Å². The van der Waals surface area contributed by atoms with Gasteiger partial charge in [0.25, 0.3) is 0 Å². The number of rotatable bonds is 4. The molecule has 4 nitrogen and oxygen atoms in total. The zero-order chi connectivity index (χ0) is 12.3. The van der Waals surface area contributed by atoms with Crippen LogP contribution in [0.3, 0.4) is 0 Å². The molecule has 1 N–H and O–H groups in total. The summed E-state index contributed by atoms with van der Waals surface area (Å²) in [5.41, 5.74) is 0.916. The highest BCUT2D eigenvalue weighted by Gasteiger charge is 2.21. The average molecular weight is 255 g/mol. The Morgan fingerprint density at radius 1 is 1.71 bits per heavy atom. The molecule has 94 valence electrons. The summed E-state index contributed by atoms with van der Waals surface area (Å²) in [6.07, 6.45) is 1.29. The first kappa shape index (κ1) is 12.5. The van der Waals surface area contributed by atoms with Crippen molar-refractivity contribution >= 4 is 17.3 Å². The van der Waals surface area contributed by atoms with Gasteiger partial charge in [-0.1, -0.05) is 6.92 Å². The Hall–Kier alpha value is -0.910. The number of carboxylic acid groups (broad SMARTS) is 1. The van der Waals surface area contributed by atoms with Crippen molar-refractivity contribution in [2.75, 3.05) is 19.7 Å². The minimum atomic E-state index is -0.824. The highest BCUT2D eigenvalue weighted by atomic mass is 32.1. The molecule has 1 atom stereocenters. The van der Waals surface area contributed by atoms with E-state index in [1.165, 1.54) is 11.3 Å². The molecule has 2 rings (SSSR count). The predicted octanol–water partition coefficient (Wildman–Crippen LogP) is 2.06. The Bertz CT molecular complexity index is 391. The number of aromatic carboxylic acids is 1. The van der Waals surface area contributed by atoms with Crippen molar-refractivity contribution < 1.29 is 14.6 Å². The van der Waals surface area contributed by atoms with E-state index in [1.54, 1.807) is 0 Å². The molecule has 1 unspecified atom stereocenters. The molecule has 2 heterocycles. The number of hydrogen-bond donors (Lipinski definition) is 1. The molecular weight excluding hydrogens is 238 g/mol. The standard InChI is InChI=1S/C12H17NO3S/c1-2-10-8-13(4-5-16-10)7-9-3-6-17-11(9)12(14)15/h3,6,10H,2,4-5,7-8H2,1H3,(H,14,15). The van der Waals surface area contributed by atoms with Crippen molar-refractivity contribution in [2.45, 2.75) is 26.0 Å². The number of ether oxygens (including phenoxy) is 1. The molecule has 0 aromatic carbocycles. The molecular formula is C12H17NO3S. The summed E-state index contributed by atoms with van der Waals surface area (Å²) in [4.78, 5) is 13.7. The fourth-order valence-corrected chi connectivity index (χ4v) is 2.81. The Balaban J connectivity index is 2.00. The smallest absolute Gasteiger partial charge is 0.346 e. The Kier molecular flexibility index (Phi) is 4.15. The van der Waals surface area contributed by atoms with Gasteiger partial charge in [0, 0.05) is 19.6 Å². The number of thiophene rings is 1. The fraction of sp³-hybridized carbons (Fsp3) is 0.583. The molecule has 1 aliphatic heterocycles. The molecule has 0 amide bonds. The van der Waals surface area contributed by atoms with Gasteiger partial charge in [-0.05, 0) is 23.4 Å². The number of hydrogen-bond acceptors (Lipinski definition) is 4. The summed E-state index contributed by atoms with van der Waals surface area (Å²) in [6.45, 7) is 5.34. The van der Waals surface area contributed by atoms with E-state index in [0.29, 0.717) is 11.4 Å². The molecule has 5 heteroatoms. The van der Waals surface area contributed by atoms with Crippen LogP contribution in [-0.2, 0) is 11.3 Å². The van der Waals surface area contributed by atoms with Crippen LogP contribution in [0.5, 0.6) is 0 Å². The van der Waals surface area contributed by atoms with Crippen LogP contribution in [0.15, 0.2) is 11.4 Å². The van der Waals surface area contributed by atoms with Crippen molar-refractivity contribution in [3.8, 4) is 0 Å². The van der Waals surface area contributed by atoms with E-state index >= 15 is 0 Å². The molecule has 17 heavy (non-hydrogen) atoms. The van der Waals surface area contributed by atoms with Crippen LogP contribution >= 0.6 is 11.3 Å². The second-order valence-electron chi connectivity index (χ2n) is 4.22. The van der Waals surface area contributed by atoms with Crippen LogP contribution in [0.25, 0.3) is 0 Å². The van der Waals surface area contributed by atoms with Gasteiger partial charge in [-0.2, -0.15) is 0 Å². The summed E-state index contributed by atoms with van der Waals surface area (Å²) < 4.78 is 5.60. The molecule has 0 spiro atoms. The average Bonchev–Trinajstić information content (AvgIpc) is 2.77. The maximum Gasteiger partial charge on any atom is 0.346 e. The number of morpholine rings is 1. The summed E-state index contributed by atoms with van der Waals surface area (Å²) in [6, 6.07) is 1.91. The van der Waals surface area contributed by atoms with Gasteiger partial charge in [0.15, 0.2) is 0 Å². The number of nitrogens with zero attached hydrogens (tertiary/aromatic N) is 1. The maximum absolute atomic E-state index is 11.0. The van der Waals surface area contributed by atoms with E-state index in [-0.39, 0.29) is 6.10 Å². The molecule has 0 radical (unpaired) electrons. The van der Waals surface area contributed by atoms with Crippen molar-refractivity contribution in [1.29, 1.82) is 0 Å². The van der Waals surface area contributed by atoms with Crippen LogP contribution < -0.4 is 0 Å². The summed E-state index contributed by atoms with van der Waals surface area (Å²) >= 11 is 1.30. The van der Waals surface area contributed by atoms with E-state index in [2.05, 4.69) is 11.8 Å². The third-order valence-corrected chi connectivity index (χ3v) is 3.96. The first-order chi connectivity index (χ1) is 8.20. The highest BCUT2D eigenvalue weighted by Crippen LogP contribution is 2.20. The molecule has 1 fully saturated rings. The molecule has 0 saturated carbocycles. The highest BCUT2D eigenvalue weighted by molar-refractivity contribution is 7.12. The predicted molar refractivity (Wildman–Crippen MR) is 66.6 cm³/mol. The zero-order valence-corrected chi connectivity index (χ0v) is 10.7. The molecule has 1 aromatic rings. The quantitative estimate of drug-likeness (QED) is 0.894. The van der Waals surface area contributed by atoms with Gasteiger partial charge in [-0.25, -0.2) is 4.79 Å². The van der Waals surface area contributed by atoms with Crippen molar-refractivity contribution in [3.63, 3.8) is 0 Å². The third-order valence-electron chi connectivity index (χ3n) is 3.01. The summed E-state index contributed by atoms with van der Waals surface area (Å²) in [7, 11) is 0. The van der Waals surface area contributed by atoms with E-state index in [9.17, 15) is 4.79 Å². The second-order valence-corrected chi connectivity index (χ2v) is 5.13. The topological polar surface area (TPSA) is 49.8 Å². The van der Waals surface area contributed by atoms with Crippen LogP contribution in [0.1, 0.15) is 28.6 Å². The van der Waals surface area contributed by atoms with Gasteiger partial charge in [-0.3, -0.25) is 4.90 Å². The first-order valence-corrected chi connectivity index (χ1v) is 6.72. The molecule has 1 aliphatic rings. The minimum absolute atomic E-state index is 0.288. The number of carboxylic acids is 1. The van der Waals surface area contributed by atoms with E-state index < -0.39 is 5.97 Å². The lowest BCUT2D eigenvalue weighted by Gasteiger charge is -2.32. The van der Waals surface area contributed by atoms with Gasteiger partial charge in [0.1, 0.15) is 4.88 Å². The van der Waals surface area contributed by atoms with Crippen molar-refractivity contribution in [1.82, 2.24) is 4.90 Å². The van der Waals surface area contributed by atoms with Crippen LogP contribution in [0, 0.1) is 0 Å². The Morgan fingerprint density at radius 2 is 2.53 bits per heavy atom. The molecule has 1 saturated heterocycles. The first-order valence-electron chi connectivity index (χ1n) is 5.84. The lowest BCUT2D eigenvalue weighted by Crippen LogP contribution is -2.41. The van der Waals surface area contributed by atoms with Gasteiger partial charge in [-0.15, -0.1) is 11.3 Å². The number of carbonyl (C=O) groups is 1. The minimum Gasteiger partial charge on any atom is -0.477 e. The largest absolute Gasteiger partial charge is 0.477 e. The SMILES string of the molecule is CCC1CN(Cc2ccsc2C(=O)O)CCO1. The molecule has 0 bridgehead atoms. The van der Waals surface area contributed by atoms with E-state index in [1.807, 2.05) is 11.4 Å². The lowest BCUT2D eigenvalue weighted by molar-refractivity contribution is -0.0324. The van der Waals surface area contributed by atoms with Crippen molar-refractivity contribution in [2.24, 2.45) is 0 Å². The van der Waals surface area contributed by atoms with Gasteiger partial charge >= 0.3 is 5.97 Å². The maximum atomic E-state index is 11.0. The zero-order valence-electron chi connectivity index (χ0n) is 9.89. The molecule has 0 aliphatic carbocycles. The van der Waals surface area contributed by atoms with Gasteiger partial charge in [0.2, 0.25) is 0 Å². The normalized spacial score (nSPS) is 21.6. The lowest BCUT2D eigenvalue weighted by atomic mass is 10.2. The van der Waals surface area contributed by atoms with Crippen LogP contribution in [0.2, 0.25) is 0 Å². The van der Waals surface area contributed by atoms with Gasteiger partial charge < -0.3 is 9.84 Å². The van der Waals surface area contributed by atoms with E-state index in [4.69, 9.17) is 9.84 Å². The summed E-state index contributed by atoms with van der Waals surface area (Å²) in [5, 5.41) is 10.9. The van der Waals surface area contributed by atoms with Crippen molar-refractivity contribution in [3.05, 3.63) is 21.9 Å². The Morgan fingerprint density at radius 3 is 3.24 bits per heavy atom. The fourth-order valence-electron chi connectivity index (χ4n) is 2.06. The summed E-state index contributed by atoms with van der Waals surface area (Å²) in [5.74, 6) is -0.824. The third kappa shape index (κ3) is 3.06.